The molecule has 0 radical (unpaired) electrons. The number of rotatable bonds is 2. The highest BCUT2D eigenvalue weighted by atomic mass is 16.6. The van der Waals surface area contributed by atoms with E-state index >= 15 is 0 Å². The molecule has 6 heteroatoms. The number of pyridine rings is 1. The van der Waals surface area contributed by atoms with Crippen LogP contribution in [0.1, 0.15) is 44.0 Å². The Hall–Kier alpha value is -2.11. The number of nitrogens with zero attached hydrogens (tertiary/aromatic N) is 1. The molecule has 1 aliphatic rings. The molecule has 0 aliphatic carbocycles. The highest BCUT2D eigenvalue weighted by molar-refractivity contribution is 5.96. The van der Waals surface area contributed by atoms with E-state index in [-0.39, 0.29) is 11.0 Å². The number of carbonyl (C=O) groups is 2. The summed E-state index contributed by atoms with van der Waals surface area (Å²) in [4.78, 5) is 40.5. The third-order valence-corrected chi connectivity index (χ3v) is 3.25. The minimum absolute atomic E-state index is 0.0490. The Morgan fingerprint density at radius 2 is 2.10 bits per heavy atom. The fraction of sp³-hybridized carbons (Fsp3) is 0.533. The van der Waals surface area contributed by atoms with Crippen LogP contribution in [0, 0.1) is 0 Å². The number of ether oxygens (including phenoxy) is 1. The van der Waals surface area contributed by atoms with Crippen molar-refractivity contribution in [1.29, 1.82) is 0 Å². The van der Waals surface area contributed by atoms with Crippen molar-refractivity contribution >= 4 is 11.9 Å². The largest absolute Gasteiger partial charge is 0.458 e. The predicted molar refractivity (Wildman–Crippen MR) is 77.0 cm³/mol. The molecule has 1 fully saturated rings. The number of hydrogen-bond acceptors (Lipinski definition) is 4. The summed E-state index contributed by atoms with van der Waals surface area (Å²) >= 11 is 0. The SMILES string of the molecule is CC(C)(C)OC(=O)[C@H]1CCCN1C(=O)c1c[nH]ccc1=O. The lowest BCUT2D eigenvalue weighted by Crippen LogP contribution is -2.44. The fourth-order valence-corrected chi connectivity index (χ4v) is 2.36. The highest BCUT2D eigenvalue weighted by Gasteiger charge is 2.37. The molecule has 21 heavy (non-hydrogen) atoms. The molecule has 6 nitrogen and oxygen atoms in total. The fourth-order valence-electron chi connectivity index (χ4n) is 2.36. The van der Waals surface area contributed by atoms with Crippen molar-refractivity contribution in [3.63, 3.8) is 0 Å². The predicted octanol–water partition coefficient (Wildman–Crippen LogP) is 1.32. The molecule has 0 aromatic carbocycles. The van der Waals surface area contributed by atoms with E-state index in [1.807, 2.05) is 0 Å². The molecule has 1 saturated heterocycles. The summed E-state index contributed by atoms with van der Waals surface area (Å²) < 4.78 is 5.35. The Bertz CT molecular complexity index is 600. The zero-order valence-electron chi connectivity index (χ0n) is 12.5. The zero-order valence-corrected chi connectivity index (χ0v) is 12.5. The van der Waals surface area contributed by atoms with E-state index in [1.165, 1.54) is 23.4 Å². The van der Waals surface area contributed by atoms with Gasteiger partial charge in [-0.1, -0.05) is 0 Å². The minimum atomic E-state index is -0.615. The number of amides is 1. The third-order valence-electron chi connectivity index (χ3n) is 3.25. The second kappa shape index (κ2) is 5.71. The molecule has 114 valence electrons. The van der Waals surface area contributed by atoms with E-state index in [4.69, 9.17) is 4.74 Å². The van der Waals surface area contributed by atoms with E-state index in [2.05, 4.69) is 4.98 Å². The molecule has 1 N–H and O–H groups in total. The standard InChI is InChI=1S/C15H20N2O4/c1-15(2,3)21-14(20)11-5-4-8-17(11)13(19)10-9-16-7-6-12(10)18/h6-7,9,11H,4-5,8H2,1-3H3,(H,16,18)/t11-/m1/s1. The normalized spacial score (nSPS) is 18.6. The smallest absolute Gasteiger partial charge is 0.329 e. The molecule has 0 spiro atoms. The van der Waals surface area contributed by atoms with E-state index in [9.17, 15) is 14.4 Å². The van der Waals surface area contributed by atoms with Gasteiger partial charge in [0.1, 0.15) is 17.2 Å². The Balaban J connectivity index is 2.19. The highest BCUT2D eigenvalue weighted by Crippen LogP contribution is 2.22. The van der Waals surface area contributed by atoms with Crippen LogP contribution in [0.5, 0.6) is 0 Å². The Kier molecular flexibility index (Phi) is 4.16. The maximum Gasteiger partial charge on any atom is 0.329 e. The van der Waals surface area contributed by atoms with Gasteiger partial charge in [-0.25, -0.2) is 4.79 Å². The van der Waals surface area contributed by atoms with Gasteiger partial charge in [0.25, 0.3) is 5.91 Å². The lowest BCUT2D eigenvalue weighted by Gasteiger charge is -2.27. The first-order chi connectivity index (χ1) is 9.79. The van der Waals surface area contributed by atoms with Gasteiger partial charge in [-0.15, -0.1) is 0 Å². The second-order valence-electron chi connectivity index (χ2n) is 6.11. The molecule has 1 aliphatic heterocycles. The maximum absolute atomic E-state index is 12.4. The molecular weight excluding hydrogens is 272 g/mol. The van der Waals surface area contributed by atoms with Crippen LogP contribution in [0.4, 0.5) is 0 Å². The van der Waals surface area contributed by atoms with Crippen molar-refractivity contribution in [2.45, 2.75) is 45.3 Å². The Morgan fingerprint density at radius 1 is 1.38 bits per heavy atom. The van der Waals surface area contributed by atoms with Gasteiger partial charge >= 0.3 is 5.97 Å². The van der Waals surface area contributed by atoms with Gasteiger partial charge in [-0.2, -0.15) is 0 Å². The molecule has 2 rings (SSSR count). The third kappa shape index (κ3) is 3.51. The minimum Gasteiger partial charge on any atom is -0.458 e. The van der Waals surface area contributed by atoms with Crippen LogP contribution in [0.2, 0.25) is 0 Å². The summed E-state index contributed by atoms with van der Waals surface area (Å²) in [6.07, 6.45) is 4.12. The molecule has 2 heterocycles. The van der Waals surface area contributed by atoms with Gasteiger partial charge in [0.2, 0.25) is 0 Å². The summed E-state index contributed by atoms with van der Waals surface area (Å²) in [5, 5.41) is 0. The maximum atomic E-state index is 12.4. The van der Waals surface area contributed by atoms with Crippen molar-refractivity contribution in [3.05, 3.63) is 34.2 Å². The molecule has 1 atom stereocenters. The Labute approximate surface area is 123 Å². The van der Waals surface area contributed by atoms with Crippen LogP contribution in [-0.4, -0.2) is 39.9 Å². The summed E-state index contributed by atoms with van der Waals surface area (Å²) in [5.41, 5.74) is -0.903. The number of aromatic nitrogens is 1. The Morgan fingerprint density at radius 3 is 2.71 bits per heavy atom. The van der Waals surface area contributed by atoms with Gasteiger partial charge in [0, 0.05) is 25.0 Å². The second-order valence-corrected chi connectivity index (χ2v) is 6.11. The number of carbonyl (C=O) groups excluding carboxylic acids is 2. The topological polar surface area (TPSA) is 79.5 Å². The van der Waals surface area contributed by atoms with Crippen LogP contribution >= 0.6 is 0 Å². The van der Waals surface area contributed by atoms with Crippen LogP contribution < -0.4 is 5.43 Å². The lowest BCUT2D eigenvalue weighted by molar-refractivity contribution is -0.159. The number of nitrogens with one attached hydrogen (secondary N) is 1. The number of likely N-dealkylation sites (tertiary alicyclic amines) is 1. The molecule has 1 aromatic rings. The van der Waals surface area contributed by atoms with E-state index < -0.39 is 23.5 Å². The van der Waals surface area contributed by atoms with Crippen molar-refractivity contribution in [2.75, 3.05) is 6.54 Å². The summed E-state index contributed by atoms with van der Waals surface area (Å²) in [7, 11) is 0. The van der Waals surface area contributed by atoms with Crippen molar-refractivity contribution < 1.29 is 14.3 Å². The molecule has 0 unspecified atom stereocenters. The molecular formula is C15H20N2O4. The summed E-state index contributed by atoms with van der Waals surface area (Å²) in [5.74, 6) is -0.842. The average Bonchev–Trinajstić information content (AvgIpc) is 2.85. The van der Waals surface area contributed by atoms with E-state index in [1.54, 1.807) is 20.8 Å². The first-order valence-corrected chi connectivity index (χ1v) is 7.00. The first kappa shape index (κ1) is 15.3. The van der Waals surface area contributed by atoms with E-state index in [0.717, 1.165) is 6.42 Å². The van der Waals surface area contributed by atoms with Crippen LogP contribution in [-0.2, 0) is 9.53 Å². The number of H-pyrrole nitrogens is 1. The summed E-state index contributed by atoms with van der Waals surface area (Å²) in [6.45, 7) is 5.81. The zero-order chi connectivity index (χ0) is 15.6. The van der Waals surface area contributed by atoms with Gasteiger partial charge < -0.3 is 14.6 Å². The first-order valence-electron chi connectivity index (χ1n) is 7.00. The van der Waals surface area contributed by atoms with Gasteiger partial charge in [0.05, 0.1) is 0 Å². The molecule has 1 aromatic heterocycles. The summed E-state index contributed by atoms with van der Waals surface area (Å²) in [6, 6.07) is 0.683. The van der Waals surface area contributed by atoms with Crippen molar-refractivity contribution in [3.8, 4) is 0 Å². The van der Waals surface area contributed by atoms with Crippen LogP contribution in [0.3, 0.4) is 0 Å². The monoisotopic (exact) mass is 292 g/mol. The van der Waals surface area contributed by atoms with Gasteiger partial charge in [0.15, 0.2) is 5.43 Å². The average molecular weight is 292 g/mol. The number of esters is 1. The van der Waals surface area contributed by atoms with E-state index in [0.29, 0.717) is 13.0 Å². The number of aromatic amines is 1. The molecule has 0 bridgehead atoms. The van der Waals surface area contributed by atoms with Gasteiger partial charge in [-0.05, 0) is 33.6 Å². The van der Waals surface area contributed by atoms with Crippen LogP contribution in [0.25, 0.3) is 0 Å². The lowest BCUT2D eigenvalue weighted by atomic mass is 10.1. The number of hydrogen-bond donors (Lipinski definition) is 1. The van der Waals surface area contributed by atoms with Gasteiger partial charge in [-0.3, -0.25) is 9.59 Å². The quantitative estimate of drug-likeness (QED) is 0.834. The van der Waals surface area contributed by atoms with Crippen molar-refractivity contribution in [2.24, 2.45) is 0 Å². The van der Waals surface area contributed by atoms with Crippen LogP contribution in [0.15, 0.2) is 23.3 Å². The molecule has 0 saturated carbocycles. The molecule has 1 amide bonds. The van der Waals surface area contributed by atoms with Crippen molar-refractivity contribution in [1.82, 2.24) is 9.88 Å².